The molecule has 0 bridgehead atoms. The minimum atomic E-state index is -1.28. The maximum Gasteiger partial charge on any atom is 0.244 e. The lowest BCUT2D eigenvalue weighted by Gasteiger charge is -2.33. The standard InChI is InChI=1S/C36H54N4O5/c1-6-15-31(41)34(43)30(24-28-18-13-10-14-19-28)38-36(45)33(26(4)8-3)39-35(44)29(23-27-16-11-9-12-17-27)25-32(42)40(5)22-21-37-20-7-2/h1,3,9,11-12,16-17,26,28-31,33-34,37,41,43H,7,10,13-15,18-25H2,2,4-5H3,(H,38,45)(H,39,44)/t26?,29-,30+,31+,33+,34-/m1/s1. The Labute approximate surface area is 270 Å². The van der Waals surface area contributed by atoms with Crippen molar-refractivity contribution in [2.45, 2.75) is 102 Å². The summed E-state index contributed by atoms with van der Waals surface area (Å²) < 4.78 is 0. The number of terminal acetylenes is 2. The second-order valence-corrected chi connectivity index (χ2v) is 12.4. The molecule has 3 amide bonds. The van der Waals surface area contributed by atoms with E-state index in [0.29, 0.717) is 25.9 Å². The van der Waals surface area contributed by atoms with Crippen LogP contribution in [0.4, 0.5) is 0 Å². The lowest BCUT2D eigenvalue weighted by molar-refractivity contribution is -0.137. The Morgan fingerprint density at radius 2 is 1.71 bits per heavy atom. The van der Waals surface area contributed by atoms with E-state index in [2.05, 4.69) is 34.7 Å². The number of aliphatic hydroxyl groups excluding tert-OH is 2. The summed E-state index contributed by atoms with van der Waals surface area (Å²) in [5.41, 5.74) is 0.891. The molecule has 1 saturated carbocycles. The van der Waals surface area contributed by atoms with Gasteiger partial charge >= 0.3 is 0 Å². The monoisotopic (exact) mass is 622 g/mol. The van der Waals surface area contributed by atoms with Gasteiger partial charge in [-0.15, -0.1) is 24.7 Å². The molecule has 9 nitrogen and oxygen atoms in total. The van der Waals surface area contributed by atoms with Gasteiger partial charge in [0.05, 0.1) is 18.1 Å². The molecule has 0 radical (unpaired) electrons. The Morgan fingerprint density at radius 3 is 2.33 bits per heavy atom. The third kappa shape index (κ3) is 13.3. The molecule has 1 fully saturated rings. The van der Waals surface area contributed by atoms with Crippen LogP contribution in [-0.2, 0) is 20.8 Å². The topological polar surface area (TPSA) is 131 Å². The number of hydrogen-bond donors (Lipinski definition) is 5. The van der Waals surface area contributed by atoms with Crippen LogP contribution >= 0.6 is 0 Å². The van der Waals surface area contributed by atoms with Crippen LogP contribution in [-0.4, -0.2) is 83.8 Å². The number of nitrogens with zero attached hydrogens (tertiary/aromatic N) is 1. The minimum absolute atomic E-state index is 0.0366. The summed E-state index contributed by atoms with van der Waals surface area (Å²) in [4.78, 5) is 42.4. The van der Waals surface area contributed by atoms with Gasteiger partial charge in [-0.1, -0.05) is 69.4 Å². The van der Waals surface area contributed by atoms with Gasteiger partial charge in [-0.2, -0.15) is 0 Å². The first-order valence-corrected chi connectivity index (χ1v) is 16.5. The molecule has 0 saturated heterocycles. The van der Waals surface area contributed by atoms with Crippen molar-refractivity contribution in [1.29, 1.82) is 0 Å². The third-order valence-electron chi connectivity index (χ3n) is 8.71. The van der Waals surface area contributed by atoms with E-state index in [4.69, 9.17) is 12.8 Å². The molecule has 9 heteroatoms. The highest BCUT2D eigenvalue weighted by Gasteiger charge is 2.35. The molecule has 45 heavy (non-hydrogen) atoms. The van der Waals surface area contributed by atoms with Crippen molar-refractivity contribution in [3.05, 3.63) is 35.9 Å². The number of carbonyl (C=O) groups excluding carboxylic acids is 3. The van der Waals surface area contributed by atoms with E-state index in [9.17, 15) is 24.6 Å². The minimum Gasteiger partial charge on any atom is -0.389 e. The van der Waals surface area contributed by atoms with Crippen LogP contribution in [0.25, 0.3) is 0 Å². The van der Waals surface area contributed by atoms with Crippen molar-refractivity contribution in [3.8, 4) is 24.7 Å². The number of nitrogens with one attached hydrogen (secondary N) is 3. The van der Waals surface area contributed by atoms with Crippen LogP contribution in [0.3, 0.4) is 0 Å². The number of likely N-dealkylation sites (N-methyl/N-ethyl adjacent to an activating group) is 1. The molecule has 5 N–H and O–H groups in total. The van der Waals surface area contributed by atoms with E-state index in [1.807, 2.05) is 30.3 Å². The fourth-order valence-electron chi connectivity index (χ4n) is 5.83. The first-order valence-electron chi connectivity index (χ1n) is 16.5. The van der Waals surface area contributed by atoms with E-state index in [0.717, 1.165) is 50.6 Å². The highest BCUT2D eigenvalue weighted by molar-refractivity contribution is 5.91. The first-order chi connectivity index (χ1) is 21.6. The van der Waals surface area contributed by atoms with Crippen LogP contribution in [0.2, 0.25) is 0 Å². The number of benzene rings is 1. The van der Waals surface area contributed by atoms with Gasteiger partial charge in [0, 0.05) is 38.9 Å². The summed E-state index contributed by atoms with van der Waals surface area (Å²) in [6.45, 7) is 5.76. The summed E-state index contributed by atoms with van der Waals surface area (Å²) in [6, 6.07) is 7.55. The molecule has 2 rings (SSSR count). The van der Waals surface area contributed by atoms with Crippen molar-refractivity contribution < 1.29 is 24.6 Å². The number of rotatable bonds is 19. The van der Waals surface area contributed by atoms with Gasteiger partial charge in [-0.3, -0.25) is 14.4 Å². The number of aliphatic hydroxyl groups is 2. The molecule has 1 aliphatic carbocycles. The van der Waals surface area contributed by atoms with Gasteiger partial charge in [0.15, 0.2) is 0 Å². The second kappa shape index (κ2) is 20.6. The maximum atomic E-state index is 13.8. The Bertz CT molecular complexity index is 1120. The van der Waals surface area contributed by atoms with Gasteiger partial charge in [-0.25, -0.2) is 0 Å². The van der Waals surface area contributed by atoms with Crippen LogP contribution in [0, 0.1) is 42.4 Å². The van der Waals surface area contributed by atoms with E-state index in [1.165, 1.54) is 0 Å². The normalized spacial score (nSPS) is 17.4. The Kier molecular flexibility index (Phi) is 17.3. The van der Waals surface area contributed by atoms with Crippen molar-refractivity contribution >= 4 is 17.7 Å². The number of carbonyl (C=O) groups is 3. The van der Waals surface area contributed by atoms with Crippen molar-refractivity contribution in [2.24, 2.45) is 17.8 Å². The van der Waals surface area contributed by atoms with Crippen molar-refractivity contribution in [1.82, 2.24) is 20.9 Å². The molecule has 0 aromatic heterocycles. The molecule has 0 spiro atoms. The van der Waals surface area contributed by atoms with Crippen LogP contribution in [0.1, 0.15) is 77.2 Å². The second-order valence-electron chi connectivity index (χ2n) is 12.4. The fourth-order valence-corrected chi connectivity index (χ4v) is 5.83. The quantitative estimate of drug-likeness (QED) is 0.119. The molecule has 1 aliphatic rings. The summed E-state index contributed by atoms with van der Waals surface area (Å²) >= 11 is 0. The Hall–Kier alpha value is -3.37. The molecule has 6 atom stereocenters. The molecule has 248 valence electrons. The van der Waals surface area contributed by atoms with E-state index < -0.39 is 47.9 Å². The zero-order valence-corrected chi connectivity index (χ0v) is 27.3. The molecule has 1 aromatic carbocycles. The predicted octanol–water partition coefficient (Wildman–Crippen LogP) is 2.65. The largest absolute Gasteiger partial charge is 0.389 e. The predicted molar refractivity (Wildman–Crippen MR) is 178 cm³/mol. The lowest BCUT2D eigenvalue weighted by atomic mass is 9.82. The van der Waals surface area contributed by atoms with Gasteiger partial charge in [-0.05, 0) is 44.2 Å². The molecule has 1 aromatic rings. The SMILES string of the molecule is C#CC[C@H](O)[C@H](O)[C@H](CC1CCCCC1)NC(=O)[C@@H](NC(=O)[C@@H](CC(=O)N(C)CCNCCC)Cc1ccccc1)C(C)C#C. The van der Waals surface area contributed by atoms with Crippen molar-refractivity contribution in [2.75, 3.05) is 26.7 Å². The zero-order valence-electron chi connectivity index (χ0n) is 27.3. The van der Waals surface area contributed by atoms with E-state index in [1.54, 1.807) is 18.9 Å². The Morgan fingerprint density at radius 1 is 1.02 bits per heavy atom. The van der Waals surface area contributed by atoms with Gasteiger partial charge < -0.3 is 31.1 Å². The van der Waals surface area contributed by atoms with Crippen LogP contribution in [0.5, 0.6) is 0 Å². The lowest BCUT2D eigenvalue weighted by Crippen LogP contribution is -2.57. The van der Waals surface area contributed by atoms with Gasteiger partial charge in [0.25, 0.3) is 0 Å². The Balaban J connectivity index is 2.24. The summed E-state index contributed by atoms with van der Waals surface area (Å²) in [5.74, 6) is 2.61. The zero-order chi connectivity index (χ0) is 33.2. The fraction of sp³-hybridized carbons (Fsp3) is 0.639. The smallest absolute Gasteiger partial charge is 0.244 e. The average molecular weight is 623 g/mol. The molecular weight excluding hydrogens is 568 g/mol. The van der Waals surface area contributed by atoms with E-state index in [-0.39, 0.29) is 24.7 Å². The molecule has 0 aliphatic heterocycles. The average Bonchev–Trinajstić information content (AvgIpc) is 3.04. The van der Waals surface area contributed by atoms with Crippen molar-refractivity contribution in [3.63, 3.8) is 0 Å². The van der Waals surface area contributed by atoms with Crippen LogP contribution in [0.15, 0.2) is 30.3 Å². The van der Waals surface area contributed by atoms with Crippen LogP contribution < -0.4 is 16.0 Å². The molecular formula is C36H54N4O5. The third-order valence-corrected chi connectivity index (χ3v) is 8.71. The number of amides is 3. The van der Waals surface area contributed by atoms with Gasteiger partial charge in [0.2, 0.25) is 17.7 Å². The molecule has 1 unspecified atom stereocenters. The summed E-state index contributed by atoms with van der Waals surface area (Å²) in [6.07, 6.45) is 15.6. The summed E-state index contributed by atoms with van der Waals surface area (Å²) in [7, 11) is 1.72. The highest BCUT2D eigenvalue weighted by atomic mass is 16.3. The summed E-state index contributed by atoms with van der Waals surface area (Å²) in [5, 5.41) is 30.5. The van der Waals surface area contributed by atoms with E-state index >= 15 is 0 Å². The van der Waals surface area contributed by atoms with Gasteiger partial charge in [0.1, 0.15) is 12.1 Å². The molecule has 0 heterocycles. The number of hydrogen-bond acceptors (Lipinski definition) is 6. The highest BCUT2D eigenvalue weighted by Crippen LogP contribution is 2.29. The maximum absolute atomic E-state index is 13.8. The first kappa shape index (κ1) is 37.8.